The van der Waals surface area contributed by atoms with Crippen molar-refractivity contribution in [3.63, 3.8) is 0 Å². The summed E-state index contributed by atoms with van der Waals surface area (Å²) in [7, 11) is 6.64. The minimum absolute atomic E-state index is 0.184. The molecule has 1 spiro atoms. The maximum absolute atomic E-state index is 14.4. The third-order valence-corrected chi connectivity index (χ3v) is 15.7. The van der Waals surface area contributed by atoms with E-state index in [4.69, 9.17) is 18.9 Å². The molecule has 2 unspecified atom stereocenters. The molecule has 1 saturated carbocycles. The number of hydrogen-bond donors (Lipinski definition) is 3. The van der Waals surface area contributed by atoms with Gasteiger partial charge in [0.25, 0.3) is 0 Å². The fourth-order valence-electron chi connectivity index (χ4n) is 13.5. The van der Waals surface area contributed by atoms with Gasteiger partial charge in [0.1, 0.15) is 11.5 Å². The molecule has 9 rings (SSSR count). The average Bonchev–Trinajstić information content (AvgIpc) is 3.87. The number of carbonyl (C=O) groups is 2. The van der Waals surface area contributed by atoms with E-state index in [-0.39, 0.29) is 12.0 Å². The Morgan fingerprint density at radius 1 is 0.983 bits per heavy atom. The van der Waals surface area contributed by atoms with E-state index >= 15 is 0 Å². The molecule has 6 heterocycles. The normalized spacial score (nSPS) is 37.5. The van der Waals surface area contributed by atoms with Gasteiger partial charge in [-0.05, 0) is 93.3 Å². The summed E-state index contributed by atoms with van der Waals surface area (Å²) in [5.74, 6) is 0.317. The predicted octanol–water partition coefficient (Wildman–Crippen LogP) is 4.85. The number of rotatable bonds is 7. The van der Waals surface area contributed by atoms with Gasteiger partial charge in [0, 0.05) is 96.4 Å². The molecule has 10 atom stereocenters. The minimum Gasteiger partial charge on any atom is -0.497 e. The van der Waals surface area contributed by atoms with E-state index in [0.29, 0.717) is 44.5 Å². The lowest BCUT2D eigenvalue weighted by atomic mass is 9.47. The lowest BCUT2D eigenvalue weighted by Gasteiger charge is -2.63. The minimum atomic E-state index is -2.21. The van der Waals surface area contributed by atoms with Crippen LogP contribution in [0.2, 0.25) is 0 Å². The molecule has 2 bridgehead atoms. The molecule has 0 amide bonds. The van der Waals surface area contributed by atoms with Gasteiger partial charge < -0.3 is 39.0 Å². The number of hydrogen-bond acceptors (Lipinski definition) is 11. The second-order valence-electron chi connectivity index (χ2n) is 18.5. The summed E-state index contributed by atoms with van der Waals surface area (Å²) in [5, 5.41) is 26.4. The van der Waals surface area contributed by atoms with Gasteiger partial charge in [-0.1, -0.05) is 26.0 Å². The van der Waals surface area contributed by atoms with Gasteiger partial charge >= 0.3 is 11.9 Å². The van der Waals surface area contributed by atoms with Crippen molar-refractivity contribution >= 4 is 28.5 Å². The molecule has 58 heavy (non-hydrogen) atoms. The van der Waals surface area contributed by atoms with Crippen LogP contribution in [0.4, 0.5) is 5.69 Å². The topological polar surface area (TPSA) is 137 Å². The first-order valence-corrected chi connectivity index (χ1v) is 21.2. The highest BCUT2D eigenvalue weighted by Gasteiger charge is 2.80. The Balaban J connectivity index is 1.32. The highest BCUT2D eigenvalue weighted by molar-refractivity contribution is 5.89. The number of nitrogens with one attached hydrogen (secondary N) is 1. The molecule has 12 heteroatoms. The van der Waals surface area contributed by atoms with Crippen LogP contribution in [0.1, 0.15) is 82.2 Å². The van der Waals surface area contributed by atoms with Crippen LogP contribution < -0.4 is 14.4 Å². The zero-order valence-corrected chi connectivity index (χ0v) is 35.3. The number of aromatic nitrogens is 1. The van der Waals surface area contributed by atoms with Crippen molar-refractivity contribution in [2.75, 3.05) is 66.0 Å². The highest BCUT2D eigenvalue weighted by Crippen LogP contribution is 2.68. The number of aliphatic hydroxyl groups is 2. The van der Waals surface area contributed by atoms with Crippen molar-refractivity contribution in [2.45, 2.75) is 106 Å². The number of carbonyl (C=O) groups excluding carboxylic acids is 2. The van der Waals surface area contributed by atoms with Crippen molar-refractivity contribution in [1.29, 1.82) is 0 Å². The van der Waals surface area contributed by atoms with Crippen LogP contribution in [-0.4, -0.2) is 127 Å². The Labute approximate surface area is 341 Å². The van der Waals surface area contributed by atoms with E-state index in [1.54, 1.807) is 14.2 Å². The van der Waals surface area contributed by atoms with Gasteiger partial charge in [-0.15, -0.1) is 0 Å². The number of ether oxygens (including phenoxy) is 4. The summed E-state index contributed by atoms with van der Waals surface area (Å²) in [6, 6.07) is 9.65. The summed E-state index contributed by atoms with van der Waals surface area (Å²) >= 11 is 0. The van der Waals surface area contributed by atoms with Crippen molar-refractivity contribution < 1.29 is 38.7 Å². The number of esters is 2. The number of methoxy groups -OCH3 is 3. The number of aromatic amines is 1. The van der Waals surface area contributed by atoms with Crippen LogP contribution in [0.15, 0.2) is 42.5 Å². The van der Waals surface area contributed by atoms with Crippen LogP contribution in [0.5, 0.6) is 11.5 Å². The number of piperidine rings is 1. The Morgan fingerprint density at radius 2 is 1.78 bits per heavy atom. The van der Waals surface area contributed by atoms with Gasteiger partial charge in [0.15, 0.2) is 6.10 Å². The maximum atomic E-state index is 14.4. The standard InChI is InChI=1S/C46H60N4O8/c1-9-43(53)24-28-23-42(4,37-30(14-18-49(25-28)26-43)31-20-29(55-6)12-13-34(31)47-37)33-21-32-35(22-36(33)56-7)48(5)39-45(32)16-19-50-17-11-15-44(10-2,38(45)50)40(58-27(3)51)46(39,54)41(52)57-8/h11-13,15,20-22,28,38-40,47,53-54H,9-10,14,16-19,23-26H2,1-8H3/t28-,38-,39+,40+,42+,43-,44+,45+,46?/m0/s1. The Hall–Kier alpha value is -4.10. The van der Waals surface area contributed by atoms with E-state index < -0.39 is 51.5 Å². The zero-order chi connectivity index (χ0) is 41.2. The van der Waals surface area contributed by atoms with Crippen molar-refractivity contribution in [1.82, 2.24) is 14.8 Å². The van der Waals surface area contributed by atoms with E-state index in [2.05, 4.69) is 72.0 Å². The van der Waals surface area contributed by atoms with Crippen LogP contribution in [0.25, 0.3) is 10.9 Å². The molecule has 2 saturated heterocycles. The number of benzene rings is 2. The molecular weight excluding hydrogens is 737 g/mol. The van der Waals surface area contributed by atoms with E-state index in [1.807, 2.05) is 18.0 Å². The average molecular weight is 797 g/mol. The van der Waals surface area contributed by atoms with Crippen molar-refractivity contribution in [3.8, 4) is 11.5 Å². The Bertz CT molecular complexity index is 2200. The van der Waals surface area contributed by atoms with Crippen LogP contribution in [0.3, 0.4) is 0 Å². The van der Waals surface area contributed by atoms with E-state index in [1.165, 1.54) is 19.6 Å². The second-order valence-corrected chi connectivity index (χ2v) is 18.5. The monoisotopic (exact) mass is 796 g/mol. The number of anilines is 1. The SMILES string of the molecule is CC[C@]1(O)C[C@H]2CN(CCc3c([nH]c4ccc(OC)cc34)[C@@](C)(c3cc4c(cc3OC)N(C)[C@H]3C(O)(C(=O)OC)[C@H](OC(C)=O)[C@]5(CC)C=CCN6CC[C@]43[C@@H]65)C2)C1. The number of nitrogens with zero attached hydrogens (tertiary/aromatic N) is 3. The molecule has 3 N–H and O–H groups in total. The smallest absolute Gasteiger partial charge is 0.344 e. The van der Waals surface area contributed by atoms with Gasteiger partial charge in [-0.2, -0.15) is 0 Å². The summed E-state index contributed by atoms with van der Waals surface area (Å²) in [6.45, 7) is 11.6. The van der Waals surface area contributed by atoms with E-state index in [0.717, 1.165) is 71.6 Å². The lowest BCUT2D eigenvalue weighted by Crippen LogP contribution is -2.81. The molecule has 3 aromatic rings. The maximum Gasteiger partial charge on any atom is 0.344 e. The molecule has 12 nitrogen and oxygen atoms in total. The third kappa shape index (κ3) is 5.13. The highest BCUT2D eigenvalue weighted by atomic mass is 16.6. The summed E-state index contributed by atoms with van der Waals surface area (Å²) in [4.78, 5) is 38.2. The molecule has 5 aliphatic heterocycles. The second kappa shape index (κ2) is 13.5. The van der Waals surface area contributed by atoms with Gasteiger partial charge in [0.05, 0.1) is 33.0 Å². The fraction of sp³-hybridized carbons (Fsp3) is 0.609. The zero-order valence-electron chi connectivity index (χ0n) is 35.3. The van der Waals surface area contributed by atoms with Crippen molar-refractivity contribution in [2.24, 2.45) is 11.3 Å². The van der Waals surface area contributed by atoms with Gasteiger partial charge in [0.2, 0.25) is 5.60 Å². The Kier molecular flexibility index (Phi) is 9.13. The van der Waals surface area contributed by atoms with Gasteiger partial charge in [-0.3, -0.25) is 14.6 Å². The summed E-state index contributed by atoms with van der Waals surface area (Å²) < 4.78 is 23.9. The third-order valence-electron chi connectivity index (χ3n) is 15.7. The first kappa shape index (κ1) is 39.4. The van der Waals surface area contributed by atoms with Gasteiger partial charge in [-0.25, -0.2) is 4.79 Å². The molecule has 6 aliphatic rings. The number of fused-ring (bicyclic) bond motifs is 6. The largest absolute Gasteiger partial charge is 0.497 e. The van der Waals surface area contributed by atoms with E-state index in [9.17, 15) is 19.8 Å². The summed E-state index contributed by atoms with van der Waals surface area (Å²) in [6.07, 6.45) is 7.14. The predicted molar refractivity (Wildman–Crippen MR) is 221 cm³/mol. The fourth-order valence-corrected chi connectivity index (χ4v) is 13.5. The molecule has 1 aliphatic carbocycles. The van der Waals surface area contributed by atoms with Crippen LogP contribution >= 0.6 is 0 Å². The molecule has 1 aromatic heterocycles. The summed E-state index contributed by atoms with van der Waals surface area (Å²) in [5.41, 5.74) is 1.06. The quantitative estimate of drug-likeness (QED) is 0.224. The lowest BCUT2D eigenvalue weighted by molar-refractivity contribution is -0.228. The number of H-pyrrole nitrogens is 1. The molecule has 312 valence electrons. The number of likely N-dealkylation sites (N-methyl/N-ethyl adjacent to an activating group) is 1. The Morgan fingerprint density at radius 3 is 2.47 bits per heavy atom. The van der Waals surface area contributed by atoms with Crippen molar-refractivity contribution in [3.05, 3.63) is 64.9 Å². The van der Waals surface area contributed by atoms with Crippen LogP contribution in [-0.2, 0) is 36.3 Å². The first-order chi connectivity index (χ1) is 27.7. The molecule has 3 fully saturated rings. The molecule has 0 radical (unpaired) electrons. The molecule has 2 aromatic carbocycles. The van der Waals surface area contributed by atoms with Crippen LogP contribution in [0, 0.1) is 11.3 Å². The first-order valence-electron chi connectivity index (χ1n) is 21.2. The molecular formula is C46H60N4O8.